The molecule has 5 nitrogen and oxygen atoms in total. The highest BCUT2D eigenvalue weighted by molar-refractivity contribution is 8.01. The van der Waals surface area contributed by atoms with E-state index in [2.05, 4.69) is 15.5 Å². The Bertz CT molecular complexity index is 589. The normalized spacial score (nSPS) is 12.1. The predicted molar refractivity (Wildman–Crippen MR) is 76.7 cm³/mol. The fourth-order valence-corrected chi connectivity index (χ4v) is 3.03. The van der Waals surface area contributed by atoms with E-state index in [4.69, 9.17) is 5.11 Å². The number of nitrogens with one attached hydrogen (secondary N) is 1. The first-order chi connectivity index (χ1) is 9.54. The number of rotatable bonds is 6. The van der Waals surface area contributed by atoms with Crippen molar-refractivity contribution >= 4 is 34.2 Å². The van der Waals surface area contributed by atoms with Crippen molar-refractivity contribution in [3.63, 3.8) is 0 Å². The first-order valence-corrected chi connectivity index (χ1v) is 7.55. The minimum Gasteiger partial charge on any atom is -0.481 e. The Morgan fingerprint density at radius 1 is 1.45 bits per heavy atom. The van der Waals surface area contributed by atoms with Gasteiger partial charge in [0.15, 0.2) is 4.34 Å². The fraction of sp³-hybridized carbons (Fsp3) is 0.250. The van der Waals surface area contributed by atoms with Gasteiger partial charge in [-0.2, -0.15) is 0 Å². The van der Waals surface area contributed by atoms with Crippen LogP contribution in [0.2, 0.25) is 0 Å². The lowest BCUT2D eigenvalue weighted by Crippen LogP contribution is -2.06. The van der Waals surface area contributed by atoms with E-state index < -0.39 is 5.97 Å². The summed E-state index contributed by atoms with van der Waals surface area (Å²) in [6.07, 6.45) is 0. The highest BCUT2D eigenvalue weighted by atomic mass is 32.2. The molecule has 0 aliphatic carbocycles. The SMILES string of the molecule is CC(Nc1nnc(SCC(=O)O)s1)c1ccc(F)cc1. The molecule has 0 fully saturated rings. The standard InChI is InChI=1S/C12H12FN3O2S2/c1-7(8-2-4-9(13)5-3-8)14-11-15-16-12(20-11)19-6-10(17)18/h2-5,7H,6H2,1H3,(H,14,15)(H,17,18). The molecule has 20 heavy (non-hydrogen) atoms. The quantitative estimate of drug-likeness (QED) is 0.799. The molecule has 1 unspecified atom stereocenters. The van der Waals surface area contributed by atoms with Gasteiger partial charge in [-0.15, -0.1) is 10.2 Å². The maximum atomic E-state index is 12.8. The predicted octanol–water partition coefficient (Wildman–Crippen LogP) is 3.03. The highest BCUT2D eigenvalue weighted by Crippen LogP contribution is 2.28. The van der Waals surface area contributed by atoms with E-state index in [1.807, 2.05) is 6.92 Å². The van der Waals surface area contributed by atoms with Gasteiger partial charge in [-0.05, 0) is 24.6 Å². The second-order valence-electron chi connectivity index (χ2n) is 3.97. The zero-order valence-corrected chi connectivity index (χ0v) is 12.2. The van der Waals surface area contributed by atoms with Crippen LogP contribution in [0, 0.1) is 5.82 Å². The van der Waals surface area contributed by atoms with Gasteiger partial charge in [0.1, 0.15) is 5.82 Å². The number of aliphatic carboxylic acids is 1. The minimum absolute atomic E-state index is 0.0395. The van der Waals surface area contributed by atoms with Crippen molar-refractivity contribution in [2.75, 3.05) is 11.1 Å². The smallest absolute Gasteiger partial charge is 0.313 e. The molecule has 106 valence electrons. The number of carbonyl (C=O) groups is 1. The molecule has 2 aromatic rings. The number of carboxylic acids is 1. The molecule has 1 aromatic heterocycles. The summed E-state index contributed by atoms with van der Waals surface area (Å²) in [4.78, 5) is 10.5. The van der Waals surface area contributed by atoms with Crippen LogP contribution in [-0.2, 0) is 4.79 Å². The number of hydrogen-bond donors (Lipinski definition) is 2. The van der Waals surface area contributed by atoms with Crippen LogP contribution in [0.1, 0.15) is 18.5 Å². The molecule has 0 radical (unpaired) electrons. The maximum Gasteiger partial charge on any atom is 0.313 e. The summed E-state index contributed by atoms with van der Waals surface area (Å²) in [6.45, 7) is 1.93. The molecular weight excluding hydrogens is 301 g/mol. The average Bonchev–Trinajstić information content (AvgIpc) is 2.84. The van der Waals surface area contributed by atoms with Crippen molar-refractivity contribution in [1.82, 2.24) is 10.2 Å². The summed E-state index contributed by atoms with van der Waals surface area (Å²) in [5.41, 5.74) is 0.932. The Morgan fingerprint density at radius 3 is 2.80 bits per heavy atom. The molecule has 0 spiro atoms. The first-order valence-electron chi connectivity index (χ1n) is 5.74. The molecule has 1 atom stereocenters. The van der Waals surface area contributed by atoms with Crippen molar-refractivity contribution in [3.8, 4) is 0 Å². The molecule has 2 N–H and O–H groups in total. The molecule has 2 rings (SSSR count). The van der Waals surface area contributed by atoms with Crippen LogP contribution >= 0.6 is 23.1 Å². The van der Waals surface area contributed by atoms with Gasteiger partial charge >= 0.3 is 5.97 Å². The molecule has 0 saturated carbocycles. The second kappa shape index (κ2) is 6.67. The van der Waals surface area contributed by atoms with E-state index in [9.17, 15) is 9.18 Å². The number of nitrogens with zero attached hydrogens (tertiary/aromatic N) is 2. The molecule has 0 saturated heterocycles. The van der Waals surface area contributed by atoms with Crippen molar-refractivity contribution in [2.24, 2.45) is 0 Å². The summed E-state index contributed by atoms with van der Waals surface area (Å²) in [5, 5.41) is 20.2. The monoisotopic (exact) mass is 313 g/mol. The van der Waals surface area contributed by atoms with Gasteiger partial charge in [-0.1, -0.05) is 35.2 Å². The van der Waals surface area contributed by atoms with Crippen molar-refractivity contribution in [1.29, 1.82) is 0 Å². The van der Waals surface area contributed by atoms with E-state index in [0.29, 0.717) is 9.47 Å². The molecule has 0 aliphatic rings. The van der Waals surface area contributed by atoms with Gasteiger partial charge in [0.25, 0.3) is 0 Å². The average molecular weight is 313 g/mol. The van der Waals surface area contributed by atoms with Gasteiger partial charge < -0.3 is 10.4 Å². The Morgan fingerprint density at radius 2 is 2.15 bits per heavy atom. The summed E-state index contributed by atoms with van der Waals surface area (Å²) in [7, 11) is 0. The summed E-state index contributed by atoms with van der Waals surface area (Å²) < 4.78 is 13.4. The minimum atomic E-state index is -0.889. The summed E-state index contributed by atoms with van der Waals surface area (Å²) in [5.74, 6) is -1.20. The van der Waals surface area contributed by atoms with Crippen LogP contribution in [0.25, 0.3) is 0 Å². The Kier molecular flexibility index (Phi) is 4.91. The highest BCUT2D eigenvalue weighted by Gasteiger charge is 2.10. The molecule has 0 aliphatic heterocycles. The third-order valence-electron chi connectivity index (χ3n) is 2.44. The third kappa shape index (κ3) is 4.17. The third-order valence-corrected chi connectivity index (χ3v) is 4.41. The molecule has 8 heteroatoms. The van der Waals surface area contributed by atoms with Crippen LogP contribution in [-0.4, -0.2) is 27.0 Å². The Labute approximate surface area is 123 Å². The van der Waals surface area contributed by atoms with Crippen molar-refractivity contribution < 1.29 is 14.3 Å². The first kappa shape index (κ1) is 14.7. The lowest BCUT2D eigenvalue weighted by atomic mass is 10.1. The number of halogens is 1. The molecule has 0 amide bonds. The molecular formula is C12H12FN3O2S2. The topological polar surface area (TPSA) is 75.1 Å². The van der Waals surface area contributed by atoms with Crippen LogP contribution in [0.15, 0.2) is 28.6 Å². The van der Waals surface area contributed by atoms with Crippen LogP contribution in [0.5, 0.6) is 0 Å². The Balaban J connectivity index is 1.95. The van der Waals surface area contributed by atoms with E-state index in [1.165, 1.54) is 23.5 Å². The number of hydrogen-bond acceptors (Lipinski definition) is 6. The number of carboxylic acid groups (broad SMARTS) is 1. The number of anilines is 1. The zero-order valence-electron chi connectivity index (χ0n) is 10.5. The fourth-order valence-electron chi connectivity index (χ4n) is 1.47. The lowest BCUT2D eigenvalue weighted by Gasteiger charge is -2.12. The van der Waals surface area contributed by atoms with Crippen molar-refractivity contribution in [2.45, 2.75) is 17.3 Å². The van der Waals surface area contributed by atoms with Crippen molar-refractivity contribution in [3.05, 3.63) is 35.6 Å². The van der Waals surface area contributed by atoms with Gasteiger partial charge in [0.2, 0.25) is 5.13 Å². The van der Waals surface area contributed by atoms with E-state index in [0.717, 1.165) is 17.3 Å². The number of thioether (sulfide) groups is 1. The summed E-state index contributed by atoms with van der Waals surface area (Å²) >= 11 is 2.42. The number of benzene rings is 1. The summed E-state index contributed by atoms with van der Waals surface area (Å²) in [6, 6.07) is 6.17. The second-order valence-corrected chi connectivity index (χ2v) is 6.17. The zero-order chi connectivity index (χ0) is 14.5. The van der Waals surface area contributed by atoms with E-state index in [-0.39, 0.29) is 17.6 Å². The van der Waals surface area contributed by atoms with Gasteiger partial charge in [-0.25, -0.2) is 4.39 Å². The van der Waals surface area contributed by atoms with Gasteiger partial charge in [0, 0.05) is 0 Å². The van der Waals surface area contributed by atoms with Gasteiger partial charge in [-0.3, -0.25) is 4.79 Å². The number of aromatic nitrogens is 2. The van der Waals surface area contributed by atoms with Crippen LogP contribution in [0.3, 0.4) is 0 Å². The largest absolute Gasteiger partial charge is 0.481 e. The van der Waals surface area contributed by atoms with E-state index in [1.54, 1.807) is 12.1 Å². The molecule has 1 heterocycles. The Hall–Kier alpha value is -1.67. The van der Waals surface area contributed by atoms with Crippen LogP contribution in [0.4, 0.5) is 9.52 Å². The maximum absolute atomic E-state index is 12.8. The lowest BCUT2D eigenvalue weighted by molar-refractivity contribution is -0.133. The van der Waals surface area contributed by atoms with E-state index >= 15 is 0 Å². The molecule has 0 bridgehead atoms. The molecule has 1 aromatic carbocycles. The van der Waals surface area contributed by atoms with Gasteiger partial charge in [0.05, 0.1) is 11.8 Å². The van der Waals surface area contributed by atoms with Crippen LogP contribution < -0.4 is 5.32 Å².